The number of carbonyl (C=O) groups is 1. The van der Waals surface area contributed by atoms with Gasteiger partial charge in [-0.15, -0.1) is 0 Å². The summed E-state index contributed by atoms with van der Waals surface area (Å²) >= 11 is 5.44. The number of hydrogen-bond donors (Lipinski definition) is 1. The summed E-state index contributed by atoms with van der Waals surface area (Å²) < 4.78 is 0. The number of hydrogen-bond acceptors (Lipinski definition) is 2. The van der Waals surface area contributed by atoms with Gasteiger partial charge in [0, 0.05) is 5.41 Å². The van der Waals surface area contributed by atoms with Crippen LogP contribution in [-0.4, -0.2) is 11.8 Å². The fourth-order valence-corrected chi connectivity index (χ4v) is 0.777. The van der Waals surface area contributed by atoms with Crippen molar-refractivity contribution in [2.24, 2.45) is 16.6 Å². The molecule has 0 saturated heterocycles. The Hall–Kier alpha value is -0.0800. The molecule has 3 heteroatoms. The van der Waals surface area contributed by atoms with Gasteiger partial charge in [-0.1, -0.05) is 27.7 Å². The topological polar surface area (TPSA) is 43.1 Å². The van der Waals surface area contributed by atoms with Gasteiger partial charge in [-0.05, 0) is 23.6 Å². The molecule has 0 rings (SSSR count). The van der Waals surface area contributed by atoms with E-state index in [-0.39, 0.29) is 10.7 Å². The molecule has 0 amide bonds. The van der Waals surface area contributed by atoms with Gasteiger partial charge in [0.2, 0.25) is 5.24 Å². The van der Waals surface area contributed by atoms with E-state index < -0.39 is 5.41 Å². The van der Waals surface area contributed by atoms with Gasteiger partial charge >= 0.3 is 0 Å². The van der Waals surface area contributed by atoms with E-state index in [0.717, 1.165) is 0 Å². The van der Waals surface area contributed by atoms with E-state index in [0.29, 0.717) is 6.54 Å². The lowest BCUT2D eigenvalue weighted by Crippen LogP contribution is -2.42. The van der Waals surface area contributed by atoms with Gasteiger partial charge in [-0.2, -0.15) is 0 Å². The standard InChI is InChI=1S/C8H16ClNO/c1-7(2,5-10)8(3,4)6(9)11/h5,10H2,1-4H3. The quantitative estimate of drug-likeness (QED) is 0.668. The molecule has 66 valence electrons. The molecule has 0 fully saturated rings. The normalized spacial score (nSPS) is 13.3. The molecule has 11 heavy (non-hydrogen) atoms. The Morgan fingerprint density at radius 2 is 1.73 bits per heavy atom. The summed E-state index contributed by atoms with van der Waals surface area (Å²) in [4.78, 5) is 11.0. The second-order valence-electron chi connectivity index (χ2n) is 3.99. The van der Waals surface area contributed by atoms with Crippen molar-refractivity contribution in [2.75, 3.05) is 6.54 Å². The van der Waals surface area contributed by atoms with Crippen molar-refractivity contribution in [3.8, 4) is 0 Å². The monoisotopic (exact) mass is 177 g/mol. The Bertz CT molecular complexity index is 163. The Labute approximate surface area is 73.1 Å². The third-order valence-corrected chi connectivity index (χ3v) is 3.17. The molecule has 2 nitrogen and oxygen atoms in total. The highest BCUT2D eigenvalue weighted by Gasteiger charge is 2.41. The molecule has 0 atom stereocenters. The van der Waals surface area contributed by atoms with Crippen molar-refractivity contribution in [1.82, 2.24) is 0 Å². The SMILES string of the molecule is CC(C)(CN)C(C)(C)C(=O)Cl. The smallest absolute Gasteiger partial charge is 0.227 e. The van der Waals surface area contributed by atoms with Gasteiger partial charge in [0.1, 0.15) is 0 Å². The number of halogens is 1. The molecule has 0 aliphatic rings. The van der Waals surface area contributed by atoms with Gasteiger partial charge in [0.15, 0.2) is 0 Å². The lowest BCUT2D eigenvalue weighted by Gasteiger charge is -2.37. The van der Waals surface area contributed by atoms with E-state index in [4.69, 9.17) is 17.3 Å². The van der Waals surface area contributed by atoms with Crippen LogP contribution >= 0.6 is 11.6 Å². The highest BCUT2D eigenvalue weighted by molar-refractivity contribution is 6.64. The van der Waals surface area contributed by atoms with E-state index >= 15 is 0 Å². The highest BCUT2D eigenvalue weighted by atomic mass is 35.5. The van der Waals surface area contributed by atoms with Crippen molar-refractivity contribution in [3.05, 3.63) is 0 Å². The maximum atomic E-state index is 11.0. The minimum atomic E-state index is -0.552. The van der Waals surface area contributed by atoms with Gasteiger partial charge in [0.25, 0.3) is 0 Å². The van der Waals surface area contributed by atoms with Crippen molar-refractivity contribution >= 4 is 16.8 Å². The predicted octanol–water partition coefficient (Wildman–Crippen LogP) is 1.76. The molecule has 0 aliphatic heterocycles. The zero-order chi connectivity index (χ0) is 9.28. The van der Waals surface area contributed by atoms with Gasteiger partial charge in [0.05, 0.1) is 0 Å². The van der Waals surface area contributed by atoms with Crippen molar-refractivity contribution < 1.29 is 4.79 Å². The Kier molecular flexibility index (Phi) is 3.09. The largest absolute Gasteiger partial charge is 0.330 e. The first-order chi connectivity index (χ1) is 4.75. The summed E-state index contributed by atoms with van der Waals surface area (Å²) in [6.07, 6.45) is 0. The zero-order valence-corrected chi connectivity index (χ0v) is 8.33. The molecular formula is C8H16ClNO. The first-order valence-corrected chi connectivity index (χ1v) is 4.03. The predicted molar refractivity (Wildman–Crippen MR) is 47.5 cm³/mol. The highest BCUT2D eigenvalue weighted by Crippen LogP contribution is 2.39. The van der Waals surface area contributed by atoms with E-state index in [2.05, 4.69) is 0 Å². The van der Waals surface area contributed by atoms with Crippen LogP contribution < -0.4 is 5.73 Å². The summed E-state index contributed by atoms with van der Waals surface area (Å²) in [5.41, 5.74) is 4.72. The third kappa shape index (κ3) is 1.94. The van der Waals surface area contributed by atoms with E-state index in [1.807, 2.05) is 27.7 Å². The second-order valence-corrected chi connectivity index (χ2v) is 4.33. The van der Waals surface area contributed by atoms with E-state index in [9.17, 15) is 4.79 Å². The first-order valence-electron chi connectivity index (χ1n) is 3.65. The molecular weight excluding hydrogens is 162 g/mol. The van der Waals surface area contributed by atoms with E-state index in [1.165, 1.54) is 0 Å². The molecule has 0 unspecified atom stereocenters. The Morgan fingerprint density at radius 1 is 1.36 bits per heavy atom. The molecule has 0 bridgehead atoms. The summed E-state index contributed by atoms with van der Waals surface area (Å²) in [6.45, 7) is 7.96. The lowest BCUT2D eigenvalue weighted by atomic mass is 9.69. The molecule has 0 heterocycles. The molecule has 2 N–H and O–H groups in total. The average Bonchev–Trinajstić information content (AvgIpc) is 1.87. The van der Waals surface area contributed by atoms with Gasteiger partial charge in [-0.25, -0.2) is 0 Å². The molecule has 0 spiro atoms. The fourth-order valence-electron chi connectivity index (χ4n) is 0.521. The molecule has 0 radical (unpaired) electrons. The Morgan fingerprint density at radius 3 is 1.82 bits per heavy atom. The van der Waals surface area contributed by atoms with Crippen LogP contribution in [0, 0.1) is 10.8 Å². The minimum absolute atomic E-state index is 0.244. The van der Waals surface area contributed by atoms with Crippen LogP contribution in [0.2, 0.25) is 0 Å². The van der Waals surface area contributed by atoms with Crippen molar-refractivity contribution in [1.29, 1.82) is 0 Å². The van der Waals surface area contributed by atoms with E-state index in [1.54, 1.807) is 0 Å². The second kappa shape index (κ2) is 3.11. The number of rotatable bonds is 3. The van der Waals surface area contributed by atoms with Crippen LogP contribution in [0.4, 0.5) is 0 Å². The van der Waals surface area contributed by atoms with Crippen LogP contribution in [0.25, 0.3) is 0 Å². The third-order valence-electron chi connectivity index (χ3n) is 2.69. The first kappa shape index (κ1) is 10.9. The minimum Gasteiger partial charge on any atom is -0.330 e. The maximum Gasteiger partial charge on any atom is 0.227 e. The number of nitrogens with two attached hydrogens (primary N) is 1. The number of carbonyl (C=O) groups excluding carboxylic acids is 1. The van der Waals surface area contributed by atoms with Crippen molar-refractivity contribution in [3.63, 3.8) is 0 Å². The Balaban J connectivity index is 4.67. The van der Waals surface area contributed by atoms with Crippen LogP contribution in [-0.2, 0) is 4.79 Å². The maximum absolute atomic E-state index is 11.0. The summed E-state index contributed by atoms with van der Waals surface area (Å²) in [7, 11) is 0. The van der Waals surface area contributed by atoms with Crippen LogP contribution in [0.1, 0.15) is 27.7 Å². The summed E-state index contributed by atoms with van der Waals surface area (Å²) in [5, 5.41) is -0.326. The fraction of sp³-hybridized carbons (Fsp3) is 0.875. The molecule has 0 aromatic carbocycles. The average molecular weight is 178 g/mol. The molecule has 0 aromatic rings. The van der Waals surface area contributed by atoms with Gasteiger partial charge in [-0.3, -0.25) is 4.79 Å². The molecule has 0 aliphatic carbocycles. The lowest BCUT2D eigenvalue weighted by molar-refractivity contribution is -0.124. The van der Waals surface area contributed by atoms with Crippen LogP contribution in [0.15, 0.2) is 0 Å². The van der Waals surface area contributed by atoms with Gasteiger partial charge < -0.3 is 5.73 Å². The molecule has 0 saturated carbocycles. The van der Waals surface area contributed by atoms with Crippen LogP contribution in [0.5, 0.6) is 0 Å². The summed E-state index contributed by atoms with van der Waals surface area (Å²) in [6, 6.07) is 0. The summed E-state index contributed by atoms with van der Waals surface area (Å²) in [5.74, 6) is 0. The molecule has 0 aromatic heterocycles. The van der Waals surface area contributed by atoms with Crippen molar-refractivity contribution in [2.45, 2.75) is 27.7 Å². The van der Waals surface area contributed by atoms with Crippen LogP contribution in [0.3, 0.4) is 0 Å². The zero-order valence-electron chi connectivity index (χ0n) is 7.57.